The number of ether oxygens (including phenoxy) is 1. The Morgan fingerprint density at radius 1 is 1.29 bits per heavy atom. The van der Waals surface area contributed by atoms with Crippen molar-refractivity contribution >= 4 is 16.9 Å². The van der Waals surface area contributed by atoms with E-state index in [1.54, 1.807) is 36.2 Å². The van der Waals surface area contributed by atoms with Gasteiger partial charge >= 0.3 is 5.97 Å². The van der Waals surface area contributed by atoms with Crippen molar-refractivity contribution in [2.45, 2.75) is 6.54 Å². The molecule has 0 aliphatic rings. The fourth-order valence-corrected chi connectivity index (χ4v) is 2.27. The fourth-order valence-electron chi connectivity index (χ4n) is 2.27. The summed E-state index contributed by atoms with van der Waals surface area (Å²) in [6.45, 7) is 0.559. The second-order valence-electron chi connectivity index (χ2n) is 4.73. The summed E-state index contributed by atoms with van der Waals surface area (Å²) in [4.78, 5) is 11.1. The summed E-state index contributed by atoms with van der Waals surface area (Å²) in [5, 5.41) is 14.3. The Hall–Kier alpha value is -2.82. The van der Waals surface area contributed by atoms with Gasteiger partial charge in [-0.3, -0.25) is 4.68 Å². The third-order valence-corrected chi connectivity index (χ3v) is 3.36. The molecule has 2 aromatic carbocycles. The zero-order chi connectivity index (χ0) is 14.8. The number of carboxylic acid groups (broad SMARTS) is 1. The van der Waals surface area contributed by atoms with Crippen molar-refractivity contribution < 1.29 is 14.6 Å². The van der Waals surface area contributed by atoms with Gasteiger partial charge < -0.3 is 9.84 Å². The molecule has 0 atom stereocenters. The van der Waals surface area contributed by atoms with E-state index in [2.05, 4.69) is 5.10 Å². The Morgan fingerprint density at radius 3 is 2.90 bits per heavy atom. The molecular weight excluding hydrogens is 268 g/mol. The number of benzene rings is 2. The van der Waals surface area contributed by atoms with E-state index < -0.39 is 5.97 Å². The minimum absolute atomic E-state index is 0.259. The summed E-state index contributed by atoms with van der Waals surface area (Å²) in [5.74, 6) is -0.152. The van der Waals surface area contributed by atoms with Gasteiger partial charge in [0.05, 0.1) is 30.9 Å². The van der Waals surface area contributed by atoms with E-state index in [0.29, 0.717) is 6.54 Å². The number of methoxy groups -OCH3 is 1. The maximum Gasteiger partial charge on any atom is 0.335 e. The van der Waals surface area contributed by atoms with Crippen LogP contribution in [0.1, 0.15) is 15.9 Å². The molecule has 1 heterocycles. The summed E-state index contributed by atoms with van der Waals surface area (Å²) in [6.07, 6.45) is 1.74. The number of hydrogen-bond acceptors (Lipinski definition) is 3. The van der Waals surface area contributed by atoms with Gasteiger partial charge in [0.15, 0.2) is 0 Å². The smallest absolute Gasteiger partial charge is 0.335 e. The van der Waals surface area contributed by atoms with Gasteiger partial charge in [-0.05, 0) is 29.8 Å². The Morgan fingerprint density at radius 2 is 2.14 bits per heavy atom. The van der Waals surface area contributed by atoms with Crippen molar-refractivity contribution in [3.05, 3.63) is 59.8 Å². The average Bonchev–Trinajstić information content (AvgIpc) is 2.90. The lowest BCUT2D eigenvalue weighted by molar-refractivity contribution is 0.0697. The van der Waals surface area contributed by atoms with Crippen LogP contribution < -0.4 is 4.74 Å². The minimum Gasteiger partial charge on any atom is -0.497 e. The van der Waals surface area contributed by atoms with Crippen LogP contribution in [0, 0.1) is 0 Å². The Kier molecular flexibility index (Phi) is 3.31. The van der Waals surface area contributed by atoms with Crippen LogP contribution in [0.25, 0.3) is 10.9 Å². The second kappa shape index (κ2) is 5.28. The van der Waals surface area contributed by atoms with Crippen LogP contribution in [-0.2, 0) is 6.54 Å². The third kappa shape index (κ3) is 2.58. The number of nitrogens with zero attached hydrogens (tertiary/aromatic N) is 2. The molecule has 5 nitrogen and oxygen atoms in total. The van der Waals surface area contributed by atoms with Crippen LogP contribution in [0.15, 0.2) is 48.7 Å². The SMILES string of the molecule is COc1cccc(Cn2ncc3ccc(C(=O)O)cc32)c1. The molecule has 3 aromatic rings. The van der Waals surface area contributed by atoms with Gasteiger partial charge in [-0.2, -0.15) is 5.10 Å². The van der Waals surface area contributed by atoms with Crippen LogP contribution in [0.2, 0.25) is 0 Å². The number of aromatic carboxylic acids is 1. The molecule has 106 valence electrons. The first-order valence-electron chi connectivity index (χ1n) is 6.49. The molecule has 0 saturated heterocycles. The monoisotopic (exact) mass is 282 g/mol. The largest absolute Gasteiger partial charge is 0.497 e. The molecular formula is C16H14N2O3. The molecule has 0 aliphatic heterocycles. The number of rotatable bonds is 4. The Labute approximate surface area is 121 Å². The van der Waals surface area contributed by atoms with E-state index in [9.17, 15) is 4.79 Å². The van der Waals surface area contributed by atoms with Gasteiger partial charge in [-0.25, -0.2) is 4.79 Å². The van der Waals surface area contributed by atoms with E-state index in [0.717, 1.165) is 22.2 Å². The summed E-state index contributed by atoms with van der Waals surface area (Å²) in [7, 11) is 1.63. The first kappa shape index (κ1) is 13.2. The van der Waals surface area contributed by atoms with Crippen molar-refractivity contribution in [3.8, 4) is 5.75 Å². The Balaban J connectivity index is 1.99. The molecule has 0 aliphatic carbocycles. The lowest BCUT2D eigenvalue weighted by Gasteiger charge is -2.06. The fraction of sp³-hybridized carbons (Fsp3) is 0.125. The van der Waals surface area contributed by atoms with Crippen molar-refractivity contribution in [1.29, 1.82) is 0 Å². The van der Waals surface area contributed by atoms with Gasteiger partial charge in [0, 0.05) is 5.39 Å². The first-order chi connectivity index (χ1) is 10.2. The lowest BCUT2D eigenvalue weighted by Crippen LogP contribution is -2.03. The summed E-state index contributed by atoms with van der Waals surface area (Å²) in [6, 6.07) is 12.7. The number of aromatic nitrogens is 2. The first-order valence-corrected chi connectivity index (χ1v) is 6.49. The predicted molar refractivity (Wildman–Crippen MR) is 78.8 cm³/mol. The highest BCUT2D eigenvalue weighted by molar-refractivity contribution is 5.93. The molecule has 21 heavy (non-hydrogen) atoms. The topological polar surface area (TPSA) is 64.4 Å². The van der Waals surface area contributed by atoms with Gasteiger partial charge in [0.2, 0.25) is 0 Å². The van der Waals surface area contributed by atoms with Crippen LogP contribution in [0.5, 0.6) is 5.75 Å². The zero-order valence-corrected chi connectivity index (χ0v) is 11.5. The van der Waals surface area contributed by atoms with E-state index in [-0.39, 0.29) is 5.56 Å². The maximum atomic E-state index is 11.1. The molecule has 0 radical (unpaired) electrons. The van der Waals surface area contributed by atoms with Crippen molar-refractivity contribution in [1.82, 2.24) is 9.78 Å². The van der Waals surface area contributed by atoms with E-state index in [4.69, 9.17) is 9.84 Å². The summed E-state index contributed by atoms with van der Waals surface area (Å²) >= 11 is 0. The Bertz CT molecular complexity index is 808. The van der Waals surface area contributed by atoms with Crippen LogP contribution in [0.4, 0.5) is 0 Å². The highest BCUT2D eigenvalue weighted by Crippen LogP contribution is 2.19. The number of carboxylic acids is 1. The molecule has 0 spiro atoms. The molecule has 0 fully saturated rings. The van der Waals surface area contributed by atoms with E-state index >= 15 is 0 Å². The number of hydrogen-bond donors (Lipinski definition) is 1. The molecule has 3 rings (SSSR count). The second-order valence-corrected chi connectivity index (χ2v) is 4.73. The van der Waals surface area contributed by atoms with Crippen LogP contribution in [-0.4, -0.2) is 28.0 Å². The van der Waals surface area contributed by atoms with Gasteiger partial charge in [-0.15, -0.1) is 0 Å². The third-order valence-electron chi connectivity index (χ3n) is 3.36. The van der Waals surface area contributed by atoms with Gasteiger partial charge in [-0.1, -0.05) is 18.2 Å². The maximum absolute atomic E-state index is 11.1. The molecule has 0 unspecified atom stereocenters. The standard InChI is InChI=1S/C16H14N2O3/c1-21-14-4-2-3-11(7-14)10-18-15-8-12(16(19)20)5-6-13(15)9-17-18/h2-9H,10H2,1H3,(H,19,20). The van der Waals surface area contributed by atoms with E-state index in [1.165, 1.54) is 0 Å². The van der Waals surface area contributed by atoms with Crippen LogP contribution >= 0.6 is 0 Å². The average molecular weight is 282 g/mol. The lowest BCUT2D eigenvalue weighted by atomic mass is 10.1. The van der Waals surface area contributed by atoms with Gasteiger partial charge in [0.1, 0.15) is 5.75 Å². The number of carbonyl (C=O) groups is 1. The quantitative estimate of drug-likeness (QED) is 0.799. The molecule has 5 heteroatoms. The van der Waals surface area contributed by atoms with E-state index in [1.807, 2.05) is 24.3 Å². The highest BCUT2D eigenvalue weighted by atomic mass is 16.5. The van der Waals surface area contributed by atoms with Crippen molar-refractivity contribution in [3.63, 3.8) is 0 Å². The normalized spacial score (nSPS) is 10.7. The number of fused-ring (bicyclic) bond motifs is 1. The van der Waals surface area contributed by atoms with Crippen molar-refractivity contribution in [2.75, 3.05) is 7.11 Å². The zero-order valence-electron chi connectivity index (χ0n) is 11.5. The summed E-state index contributed by atoms with van der Waals surface area (Å²) < 4.78 is 6.99. The highest BCUT2D eigenvalue weighted by Gasteiger charge is 2.08. The van der Waals surface area contributed by atoms with Gasteiger partial charge in [0.25, 0.3) is 0 Å². The molecule has 0 bridgehead atoms. The molecule has 0 saturated carbocycles. The predicted octanol–water partition coefficient (Wildman–Crippen LogP) is 2.79. The summed E-state index contributed by atoms with van der Waals surface area (Å²) in [5.41, 5.74) is 2.10. The van der Waals surface area contributed by atoms with Crippen molar-refractivity contribution in [2.24, 2.45) is 0 Å². The molecule has 1 N–H and O–H groups in total. The molecule has 0 amide bonds. The van der Waals surface area contributed by atoms with Crippen LogP contribution in [0.3, 0.4) is 0 Å². The molecule has 1 aromatic heterocycles. The minimum atomic E-state index is -0.939.